The number of hydrogen-bond acceptors (Lipinski definition) is 4. The molecule has 0 radical (unpaired) electrons. The number of hydrogen-bond donors (Lipinski definition) is 1. The van der Waals surface area contributed by atoms with Gasteiger partial charge in [0.05, 0.1) is 6.10 Å². The molecule has 0 unspecified atom stereocenters. The topological polar surface area (TPSA) is 60.2 Å². The molecule has 0 aliphatic rings. The van der Waals surface area contributed by atoms with Crippen LogP contribution in [-0.4, -0.2) is 19.9 Å². The third-order valence-corrected chi connectivity index (χ3v) is 2.58. The second-order valence-electron chi connectivity index (χ2n) is 3.95. The standard InChI is InChI=1S/C12H14FN3O2/c1-8(17)10-5-9(13)3-4-11(10)18-6-12-14-7-15-16(12)2/h3-5,7-8,17H,6H2,1-2H3/t8-/m1/s1. The lowest BCUT2D eigenvalue weighted by Gasteiger charge is -2.13. The molecule has 1 aromatic carbocycles. The Bertz CT molecular complexity index is 540. The van der Waals surface area contributed by atoms with Crippen molar-refractivity contribution in [3.63, 3.8) is 0 Å². The molecule has 0 saturated heterocycles. The number of nitrogens with zero attached hydrogens (tertiary/aromatic N) is 3. The van der Waals surface area contributed by atoms with Gasteiger partial charge in [0.1, 0.15) is 24.5 Å². The van der Waals surface area contributed by atoms with E-state index in [1.54, 1.807) is 18.7 Å². The summed E-state index contributed by atoms with van der Waals surface area (Å²) >= 11 is 0. The quantitative estimate of drug-likeness (QED) is 0.896. The third-order valence-electron chi connectivity index (χ3n) is 2.58. The Hall–Kier alpha value is -1.95. The fourth-order valence-corrected chi connectivity index (χ4v) is 1.57. The van der Waals surface area contributed by atoms with Crippen LogP contribution < -0.4 is 4.74 Å². The molecule has 0 spiro atoms. The summed E-state index contributed by atoms with van der Waals surface area (Å²) in [4.78, 5) is 4.01. The minimum atomic E-state index is -0.796. The maximum Gasteiger partial charge on any atom is 0.164 e. The normalized spacial score (nSPS) is 12.4. The van der Waals surface area contributed by atoms with Crippen molar-refractivity contribution in [3.8, 4) is 5.75 Å². The van der Waals surface area contributed by atoms with E-state index < -0.39 is 11.9 Å². The van der Waals surface area contributed by atoms with E-state index in [0.717, 1.165) is 0 Å². The minimum absolute atomic E-state index is 0.210. The van der Waals surface area contributed by atoms with Gasteiger partial charge in [0.15, 0.2) is 5.82 Å². The van der Waals surface area contributed by atoms with Crippen LogP contribution >= 0.6 is 0 Å². The van der Waals surface area contributed by atoms with E-state index in [-0.39, 0.29) is 6.61 Å². The number of benzene rings is 1. The number of halogens is 1. The average Bonchev–Trinajstić information content (AvgIpc) is 2.73. The Labute approximate surface area is 104 Å². The second kappa shape index (κ2) is 5.14. The highest BCUT2D eigenvalue weighted by molar-refractivity contribution is 5.35. The minimum Gasteiger partial charge on any atom is -0.485 e. The molecule has 0 aliphatic heterocycles. The fraction of sp³-hybridized carbons (Fsp3) is 0.333. The molecule has 18 heavy (non-hydrogen) atoms. The van der Waals surface area contributed by atoms with Crippen LogP contribution in [0.5, 0.6) is 5.75 Å². The first-order valence-corrected chi connectivity index (χ1v) is 5.51. The molecule has 1 atom stereocenters. The zero-order valence-electron chi connectivity index (χ0n) is 10.2. The zero-order valence-corrected chi connectivity index (χ0v) is 10.2. The molecule has 0 bridgehead atoms. The van der Waals surface area contributed by atoms with Gasteiger partial charge in [0.25, 0.3) is 0 Å². The van der Waals surface area contributed by atoms with Crippen molar-refractivity contribution in [2.75, 3.05) is 0 Å². The summed E-state index contributed by atoms with van der Waals surface area (Å²) in [6.45, 7) is 1.77. The van der Waals surface area contributed by atoms with Crippen LogP contribution in [0, 0.1) is 5.82 Å². The Morgan fingerprint density at radius 1 is 1.50 bits per heavy atom. The smallest absolute Gasteiger partial charge is 0.164 e. The van der Waals surface area contributed by atoms with Gasteiger partial charge >= 0.3 is 0 Å². The summed E-state index contributed by atoms with van der Waals surface area (Å²) in [6, 6.07) is 4.04. The second-order valence-corrected chi connectivity index (χ2v) is 3.95. The van der Waals surface area contributed by atoms with Crippen LogP contribution in [0.2, 0.25) is 0 Å². The Kier molecular flexibility index (Phi) is 3.57. The summed E-state index contributed by atoms with van der Waals surface area (Å²) in [5, 5.41) is 13.5. The summed E-state index contributed by atoms with van der Waals surface area (Å²) in [5.41, 5.74) is 0.414. The van der Waals surface area contributed by atoms with Crippen molar-refractivity contribution in [1.82, 2.24) is 14.8 Å². The largest absolute Gasteiger partial charge is 0.485 e. The lowest BCUT2D eigenvalue weighted by molar-refractivity contribution is 0.188. The van der Waals surface area contributed by atoms with E-state index in [9.17, 15) is 9.50 Å². The molecule has 2 rings (SSSR count). The number of aromatic nitrogens is 3. The Morgan fingerprint density at radius 3 is 2.89 bits per heavy atom. The van der Waals surface area contributed by atoms with Crippen LogP contribution in [0.15, 0.2) is 24.5 Å². The summed E-state index contributed by atoms with van der Waals surface area (Å²) in [5.74, 6) is 0.683. The van der Waals surface area contributed by atoms with Gasteiger partial charge in [-0.3, -0.25) is 4.68 Å². The van der Waals surface area contributed by atoms with Crippen LogP contribution in [0.3, 0.4) is 0 Å². The highest BCUT2D eigenvalue weighted by Gasteiger charge is 2.11. The van der Waals surface area contributed by atoms with Gasteiger partial charge in [0, 0.05) is 12.6 Å². The lowest BCUT2D eigenvalue weighted by Crippen LogP contribution is -2.06. The molecule has 5 nitrogen and oxygen atoms in total. The van der Waals surface area contributed by atoms with Crippen LogP contribution in [0.4, 0.5) is 4.39 Å². The van der Waals surface area contributed by atoms with Gasteiger partial charge in [-0.1, -0.05) is 0 Å². The van der Waals surface area contributed by atoms with Crippen molar-refractivity contribution in [3.05, 3.63) is 41.7 Å². The molecule has 0 saturated carbocycles. The van der Waals surface area contributed by atoms with Gasteiger partial charge in [-0.2, -0.15) is 5.10 Å². The average molecular weight is 251 g/mol. The van der Waals surface area contributed by atoms with Crippen LogP contribution in [-0.2, 0) is 13.7 Å². The summed E-state index contributed by atoms with van der Waals surface area (Å²) < 4.78 is 20.2. The number of aliphatic hydroxyl groups is 1. The van der Waals surface area contributed by atoms with Crippen molar-refractivity contribution in [1.29, 1.82) is 0 Å². The van der Waals surface area contributed by atoms with E-state index in [1.165, 1.54) is 24.5 Å². The molecule has 1 N–H and O–H groups in total. The van der Waals surface area contributed by atoms with Crippen molar-refractivity contribution in [2.24, 2.45) is 7.05 Å². The molecule has 1 heterocycles. The molecule has 0 fully saturated rings. The van der Waals surface area contributed by atoms with E-state index in [4.69, 9.17) is 4.74 Å². The highest BCUT2D eigenvalue weighted by Crippen LogP contribution is 2.26. The van der Waals surface area contributed by atoms with Gasteiger partial charge in [-0.25, -0.2) is 9.37 Å². The molecule has 0 aliphatic carbocycles. The van der Waals surface area contributed by atoms with E-state index >= 15 is 0 Å². The predicted molar refractivity (Wildman–Crippen MR) is 62.4 cm³/mol. The van der Waals surface area contributed by atoms with Crippen molar-refractivity contribution >= 4 is 0 Å². The van der Waals surface area contributed by atoms with Crippen LogP contribution in [0.25, 0.3) is 0 Å². The first-order valence-electron chi connectivity index (χ1n) is 5.51. The van der Waals surface area contributed by atoms with E-state index in [1.807, 2.05) is 0 Å². The van der Waals surface area contributed by atoms with Crippen molar-refractivity contribution in [2.45, 2.75) is 19.6 Å². The van der Waals surface area contributed by atoms with Gasteiger partial charge < -0.3 is 9.84 Å². The monoisotopic (exact) mass is 251 g/mol. The number of aryl methyl sites for hydroxylation is 1. The molecular weight excluding hydrogens is 237 g/mol. The third kappa shape index (κ3) is 2.65. The predicted octanol–water partition coefficient (Wildman–Crippen LogP) is 1.59. The lowest BCUT2D eigenvalue weighted by atomic mass is 10.1. The Morgan fingerprint density at radius 2 is 2.28 bits per heavy atom. The molecule has 0 amide bonds. The highest BCUT2D eigenvalue weighted by atomic mass is 19.1. The number of rotatable bonds is 4. The maximum atomic E-state index is 13.1. The van der Waals surface area contributed by atoms with E-state index in [0.29, 0.717) is 17.1 Å². The number of ether oxygens (including phenoxy) is 1. The Balaban J connectivity index is 2.16. The SMILES string of the molecule is C[C@@H](O)c1cc(F)ccc1OCc1ncnn1C. The number of aliphatic hydroxyl groups excluding tert-OH is 1. The van der Waals surface area contributed by atoms with Gasteiger partial charge in [-0.05, 0) is 25.1 Å². The molecule has 2 aromatic rings. The van der Waals surface area contributed by atoms with Gasteiger partial charge in [-0.15, -0.1) is 0 Å². The first-order chi connectivity index (χ1) is 8.58. The maximum absolute atomic E-state index is 13.1. The molecule has 1 aromatic heterocycles. The van der Waals surface area contributed by atoms with Crippen LogP contribution in [0.1, 0.15) is 24.4 Å². The van der Waals surface area contributed by atoms with Gasteiger partial charge in [0.2, 0.25) is 0 Å². The summed E-state index contributed by atoms with van der Waals surface area (Å²) in [6.07, 6.45) is 0.633. The molecule has 96 valence electrons. The first kappa shape index (κ1) is 12.5. The van der Waals surface area contributed by atoms with Crippen molar-refractivity contribution < 1.29 is 14.2 Å². The summed E-state index contributed by atoms with van der Waals surface area (Å²) in [7, 11) is 1.76. The molecule has 6 heteroatoms. The molecular formula is C12H14FN3O2. The fourth-order valence-electron chi connectivity index (χ4n) is 1.57. The zero-order chi connectivity index (χ0) is 13.1. The van der Waals surface area contributed by atoms with E-state index in [2.05, 4.69) is 10.1 Å².